The van der Waals surface area contributed by atoms with Gasteiger partial charge in [0.25, 0.3) is 5.91 Å². The van der Waals surface area contributed by atoms with Gasteiger partial charge in [-0.1, -0.05) is 18.2 Å². The van der Waals surface area contributed by atoms with Gasteiger partial charge in [0.05, 0.1) is 18.9 Å². The zero-order valence-corrected chi connectivity index (χ0v) is 19.9. The van der Waals surface area contributed by atoms with E-state index in [1.807, 2.05) is 68.4 Å². The molecule has 3 aromatic heterocycles. The normalized spacial score (nSPS) is 10.8. The number of pyridine rings is 1. The number of rotatable bonds is 8. The molecule has 0 aliphatic heterocycles. The molecule has 9 heteroatoms. The number of carbonyl (C=O) groups excluding carboxylic acids is 1. The molecule has 1 amide bonds. The van der Waals surface area contributed by atoms with E-state index in [1.165, 1.54) is 0 Å². The van der Waals surface area contributed by atoms with Crippen LogP contribution in [0.4, 0.5) is 5.69 Å². The van der Waals surface area contributed by atoms with Crippen LogP contribution in [0, 0.1) is 0 Å². The number of ether oxygens (including phenoxy) is 2. The fourth-order valence-electron chi connectivity index (χ4n) is 3.75. The van der Waals surface area contributed by atoms with Crippen molar-refractivity contribution in [2.24, 2.45) is 0 Å². The molecule has 5 rings (SSSR count). The summed E-state index contributed by atoms with van der Waals surface area (Å²) in [4.78, 5) is 17.3. The zero-order valence-electron chi connectivity index (χ0n) is 19.9. The van der Waals surface area contributed by atoms with Gasteiger partial charge in [-0.3, -0.25) is 9.78 Å². The second-order valence-corrected chi connectivity index (χ2v) is 7.79. The molecule has 9 nitrogen and oxygen atoms in total. The van der Waals surface area contributed by atoms with Crippen LogP contribution < -0.4 is 14.8 Å². The second kappa shape index (κ2) is 10.2. The Kier molecular flexibility index (Phi) is 6.53. The predicted octanol–water partition coefficient (Wildman–Crippen LogP) is 4.90. The van der Waals surface area contributed by atoms with E-state index in [2.05, 4.69) is 20.5 Å². The maximum absolute atomic E-state index is 13.0. The van der Waals surface area contributed by atoms with Crippen molar-refractivity contribution < 1.29 is 14.3 Å². The van der Waals surface area contributed by atoms with Crippen LogP contribution in [0.25, 0.3) is 28.4 Å². The largest absolute Gasteiger partial charge is 0.490 e. The van der Waals surface area contributed by atoms with Crippen LogP contribution in [0.3, 0.4) is 0 Å². The number of nitrogens with one attached hydrogen (secondary N) is 1. The van der Waals surface area contributed by atoms with E-state index in [9.17, 15) is 4.79 Å². The molecule has 0 aliphatic carbocycles. The molecule has 0 unspecified atom stereocenters. The van der Waals surface area contributed by atoms with E-state index in [-0.39, 0.29) is 5.91 Å². The molecule has 0 bridgehead atoms. The van der Waals surface area contributed by atoms with Crippen LogP contribution in [0.5, 0.6) is 11.5 Å². The average Bonchev–Trinajstić information content (AvgIpc) is 3.34. The van der Waals surface area contributed by atoms with Crippen molar-refractivity contribution in [3.05, 3.63) is 84.6 Å². The Morgan fingerprint density at radius 1 is 0.861 bits per heavy atom. The minimum Gasteiger partial charge on any atom is -0.490 e. The highest BCUT2D eigenvalue weighted by molar-refractivity contribution is 6.05. The SMILES string of the molecule is CCOc1ccc(C(=O)Nc2cccc(-c3ccc4nnc(-c5ccccn5)n4n3)c2)cc1OCC. The van der Waals surface area contributed by atoms with Gasteiger partial charge in [-0.15, -0.1) is 10.2 Å². The van der Waals surface area contributed by atoms with Gasteiger partial charge in [-0.25, -0.2) is 0 Å². The first kappa shape index (κ1) is 23.0. The molecule has 0 saturated heterocycles. The van der Waals surface area contributed by atoms with Crippen molar-refractivity contribution in [3.8, 4) is 34.3 Å². The van der Waals surface area contributed by atoms with Crippen LogP contribution in [0.15, 0.2) is 79.0 Å². The van der Waals surface area contributed by atoms with Gasteiger partial charge in [-0.2, -0.15) is 9.61 Å². The molecule has 36 heavy (non-hydrogen) atoms. The Morgan fingerprint density at radius 3 is 2.53 bits per heavy atom. The molecule has 0 radical (unpaired) electrons. The number of benzene rings is 2. The third kappa shape index (κ3) is 4.72. The summed E-state index contributed by atoms with van der Waals surface area (Å²) in [7, 11) is 0. The molecule has 0 spiro atoms. The maximum atomic E-state index is 13.0. The van der Waals surface area contributed by atoms with Crippen LogP contribution in [0.2, 0.25) is 0 Å². The predicted molar refractivity (Wildman–Crippen MR) is 136 cm³/mol. The quantitative estimate of drug-likeness (QED) is 0.337. The lowest BCUT2D eigenvalue weighted by Gasteiger charge is -2.13. The molecule has 0 aliphatic rings. The summed E-state index contributed by atoms with van der Waals surface area (Å²) < 4.78 is 12.9. The van der Waals surface area contributed by atoms with Crippen molar-refractivity contribution in [2.45, 2.75) is 13.8 Å². The van der Waals surface area contributed by atoms with Gasteiger partial charge in [0.1, 0.15) is 5.69 Å². The van der Waals surface area contributed by atoms with Crippen molar-refractivity contribution in [3.63, 3.8) is 0 Å². The van der Waals surface area contributed by atoms with Crippen molar-refractivity contribution >= 4 is 17.2 Å². The monoisotopic (exact) mass is 480 g/mol. The molecule has 3 heterocycles. The lowest BCUT2D eigenvalue weighted by Crippen LogP contribution is -2.12. The Bertz CT molecular complexity index is 1520. The van der Waals surface area contributed by atoms with Gasteiger partial charge in [0.2, 0.25) is 5.82 Å². The van der Waals surface area contributed by atoms with E-state index in [0.717, 1.165) is 5.56 Å². The van der Waals surface area contributed by atoms with Gasteiger partial charge in [0, 0.05) is 23.0 Å². The minimum atomic E-state index is -0.254. The number of fused-ring (bicyclic) bond motifs is 1. The summed E-state index contributed by atoms with van der Waals surface area (Å²) in [5, 5.41) is 16.1. The molecule has 2 aromatic carbocycles. The number of hydrogen-bond donors (Lipinski definition) is 1. The number of carbonyl (C=O) groups is 1. The van der Waals surface area contributed by atoms with Crippen LogP contribution in [0.1, 0.15) is 24.2 Å². The summed E-state index contributed by atoms with van der Waals surface area (Å²) in [6.45, 7) is 4.77. The summed E-state index contributed by atoms with van der Waals surface area (Å²) >= 11 is 0. The Balaban J connectivity index is 1.41. The molecule has 0 saturated carbocycles. The summed E-state index contributed by atoms with van der Waals surface area (Å²) in [6.07, 6.45) is 1.70. The van der Waals surface area contributed by atoms with E-state index in [4.69, 9.17) is 14.6 Å². The molecule has 180 valence electrons. The summed E-state index contributed by atoms with van der Waals surface area (Å²) in [5.41, 5.74) is 3.94. The van der Waals surface area contributed by atoms with Crippen LogP contribution in [-0.4, -0.2) is 43.9 Å². The molecular weight excluding hydrogens is 456 g/mol. The highest BCUT2D eigenvalue weighted by Crippen LogP contribution is 2.29. The van der Waals surface area contributed by atoms with Gasteiger partial charge >= 0.3 is 0 Å². The number of amides is 1. The Hall–Kier alpha value is -4.79. The molecule has 0 fully saturated rings. The summed E-state index contributed by atoms with van der Waals surface area (Å²) in [6, 6.07) is 22.0. The lowest BCUT2D eigenvalue weighted by molar-refractivity contribution is 0.102. The molecular formula is C27H24N6O3. The topological polar surface area (TPSA) is 104 Å². The number of anilines is 1. The Labute approximate surface area is 207 Å². The third-order valence-electron chi connectivity index (χ3n) is 5.38. The van der Waals surface area contributed by atoms with Gasteiger partial charge in [0.15, 0.2) is 17.1 Å². The van der Waals surface area contributed by atoms with Crippen molar-refractivity contribution in [1.29, 1.82) is 0 Å². The zero-order chi connectivity index (χ0) is 24.9. The standard InChI is InChI=1S/C27H24N6O3/c1-3-35-23-13-11-19(17-24(23)36-4-2)27(34)29-20-9-7-8-18(16-20)21-12-14-25-30-31-26(33(25)32-21)22-10-5-6-15-28-22/h5-17H,3-4H2,1-2H3,(H,29,34). The van der Waals surface area contributed by atoms with E-state index in [0.29, 0.717) is 58.8 Å². The molecule has 0 atom stereocenters. The highest BCUT2D eigenvalue weighted by Gasteiger charge is 2.14. The van der Waals surface area contributed by atoms with Crippen molar-refractivity contribution in [1.82, 2.24) is 24.8 Å². The first-order chi connectivity index (χ1) is 17.7. The van der Waals surface area contributed by atoms with Gasteiger partial charge < -0.3 is 14.8 Å². The molecule has 5 aromatic rings. The van der Waals surface area contributed by atoms with E-state index >= 15 is 0 Å². The average molecular weight is 481 g/mol. The number of nitrogens with zero attached hydrogens (tertiary/aromatic N) is 5. The highest BCUT2D eigenvalue weighted by atomic mass is 16.5. The fraction of sp³-hybridized carbons (Fsp3) is 0.148. The molecule has 1 N–H and O–H groups in total. The van der Waals surface area contributed by atoms with Crippen LogP contribution >= 0.6 is 0 Å². The summed E-state index contributed by atoms with van der Waals surface area (Å²) in [5.74, 6) is 1.45. The maximum Gasteiger partial charge on any atom is 0.255 e. The van der Waals surface area contributed by atoms with E-state index in [1.54, 1.807) is 28.9 Å². The lowest BCUT2D eigenvalue weighted by atomic mass is 10.1. The first-order valence-electron chi connectivity index (χ1n) is 11.6. The Morgan fingerprint density at radius 2 is 1.72 bits per heavy atom. The smallest absolute Gasteiger partial charge is 0.255 e. The first-order valence-corrected chi connectivity index (χ1v) is 11.6. The number of aromatic nitrogens is 5. The van der Waals surface area contributed by atoms with Gasteiger partial charge in [-0.05, 0) is 68.4 Å². The van der Waals surface area contributed by atoms with E-state index < -0.39 is 0 Å². The van der Waals surface area contributed by atoms with Crippen molar-refractivity contribution in [2.75, 3.05) is 18.5 Å². The minimum absolute atomic E-state index is 0.254. The number of hydrogen-bond acceptors (Lipinski definition) is 7. The second-order valence-electron chi connectivity index (χ2n) is 7.79. The fourth-order valence-corrected chi connectivity index (χ4v) is 3.75. The van der Waals surface area contributed by atoms with Crippen LogP contribution in [-0.2, 0) is 0 Å². The third-order valence-corrected chi connectivity index (χ3v) is 5.38.